The third-order valence-electron chi connectivity index (χ3n) is 7.87. The fourth-order valence-corrected chi connectivity index (χ4v) is 5.24. The smallest absolute Gasteiger partial charge is 0.276 e. The van der Waals surface area contributed by atoms with E-state index < -0.39 is 18.1 Å². The number of methoxy groups -OCH3 is 1. The van der Waals surface area contributed by atoms with Crippen molar-refractivity contribution in [1.82, 2.24) is 30.5 Å². The fraction of sp³-hybridized carbons (Fsp3) is 0.323. The van der Waals surface area contributed by atoms with Crippen molar-refractivity contribution >= 4 is 17.7 Å². The van der Waals surface area contributed by atoms with Gasteiger partial charge in [0, 0.05) is 50.4 Å². The number of fused-ring (bicyclic) bond motifs is 7. The minimum atomic E-state index is -0.558. The van der Waals surface area contributed by atoms with E-state index in [1.165, 1.54) is 13.2 Å². The Kier molecular flexibility index (Phi) is 7.92. The molecule has 0 aliphatic carbocycles. The molecule has 228 valence electrons. The molecule has 0 unspecified atom stereocenters. The first-order chi connectivity index (χ1) is 21.3. The van der Waals surface area contributed by atoms with E-state index in [0.717, 1.165) is 16.8 Å². The maximum Gasteiger partial charge on any atom is 0.276 e. The summed E-state index contributed by atoms with van der Waals surface area (Å²) < 4.78 is 24.6. The van der Waals surface area contributed by atoms with Gasteiger partial charge < -0.3 is 34.3 Å². The SMILES string of the molecule is COc1ccc2cc1OCC(=O)NCc1ccc(cc1)O[C@@H]1CCN(C(=O)c3cc(-c4cnn(C)c4C)on3)C[C@@H]1NC2=O. The van der Waals surface area contributed by atoms with E-state index in [1.54, 1.807) is 34.0 Å². The van der Waals surface area contributed by atoms with Gasteiger partial charge in [0.15, 0.2) is 29.6 Å². The lowest BCUT2D eigenvalue weighted by molar-refractivity contribution is -0.123. The van der Waals surface area contributed by atoms with E-state index in [4.69, 9.17) is 18.7 Å². The Bertz CT molecular complexity index is 1700. The Hall–Kier alpha value is -5.33. The van der Waals surface area contributed by atoms with Crippen LogP contribution in [0.5, 0.6) is 17.2 Å². The predicted molar refractivity (Wildman–Crippen MR) is 156 cm³/mol. The molecule has 0 spiro atoms. The molecule has 4 bridgehead atoms. The average Bonchev–Trinajstić information content (AvgIpc) is 3.65. The molecule has 3 aliphatic rings. The summed E-state index contributed by atoms with van der Waals surface area (Å²) in [4.78, 5) is 41.1. The van der Waals surface area contributed by atoms with Gasteiger partial charge in [-0.1, -0.05) is 17.3 Å². The lowest BCUT2D eigenvalue weighted by atomic mass is 10.0. The van der Waals surface area contributed by atoms with Crippen LogP contribution in [-0.4, -0.2) is 76.5 Å². The normalized spacial score (nSPS) is 18.8. The van der Waals surface area contributed by atoms with Gasteiger partial charge in [-0.05, 0) is 42.8 Å². The van der Waals surface area contributed by atoms with Crippen LogP contribution in [0.2, 0.25) is 0 Å². The standard InChI is InChI=1S/C31H32N6O7/c1-18-22(15-33-36(18)2)27-13-23(35-44-27)31(40)37-11-10-25-24(16-37)34-30(39)20-6-9-26(41-3)28(12-20)42-17-29(38)32-14-19-4-7-21(43-25)8-5-19/h4-9,12-13,15,24-25H,10-11,14,16-17H2,1-3H3,(H,32,38)(H,34,39)/t24-,25+/m0/s1. The highest BCUT2D eigenvalue weighted by Gasteiger charge is 2.36. The molecule has 0 saturated carbocycles. The number of aryl methyl sites for hydroxylation is 1. The Morgan fingerprint density at radius 1 is 1.11 bits per heavy atom. The van der Waals surface area contributed by atoms with Crippen molar-refractivity contribution in [1.29, 1.82) is 0 Å². The number of amides is 3. The molecular weight excluding hydrogens is 568 g/mol. The van der Waals surface area contributed by atoms with Gasteiger partial charge in [-0.2, -0.15) is 5.10 Å². The second-order valence-corrected chi connectivity index (χ2v) is 10.7. The first kappa shape index (κ1) is 28.8. The van der Waals surface area contributed by atoms with Crippen LogP contribution in [0.15, 0.2) is 59.3 Å². The molecule has 4 aromatic rings. The number of hydrogen-bond acceptors (Lipinski definition) is 9. The van der Waals surface area contributed by atoms with Crippen molar-refractivity contribution in [2.24, 2.45) is 7.05 Å². The molecule has 1 fully saturated rings. The Labute approximate surface area is 253 Å². The van der Waals surface area contributed by atoms with Gasteiger partial charge in [-0.25, -0.2) is 0 Å². The summed E-state index contributed by atoms with van der Waals surface area (Å²) in [6.07, 6.45) is 1.70. The zero-order valence-electron chi connectivity index (χ0n) is 24.5. The molecule has 3 amide bonds. The quantitative estimate of drug-likeness (QED) is 0.362. The Morgan fingerprint density at radius 3 is 2.68 bits per heavy atom. The highest BCUT2D eigenvalue weighted by molar-refractivity contribution is 5.96. The first-order valence-electron chi connectivity index (χ1n) is 14.2. The molecule has 1 saturated heterocycles. The average molecular weight is 601 g/mol. The Morgan fingerprint density at radius 2 is 1.93 bits per heavy atom. The highest BCUT2D eigenvalue weighted by Crippen LogP contribution is 2.29. The number of nitrogens with one attached hydrogen (secondary N) is 2. The number of piperidine rings is 1. The number of benzene rings is 2. The third-order valence-corrected chi connectivity index (χ3v) is 7.87. The predicted octanol–water partition coefficient (Wildman–Crippen LogP) is 2.49. The fourth-order valence-electron chi connectivity index (χ4n) is 5.24. The van der Waals surface area contributed by atoms with Crippen LogP contribution in [0.3, 0.4) is 0 Å². The van der Waals surface area contributed by atoms with Crippen LogP contribution in [0, 0.1) is 6.92 Å². The van der Waals surface area contributed by atoms with E-state index in [-0.39, 0.29) is 36.4 Å². The number of aromatic nitrogens is 3. The van der Waals surface area contributed by atoms with Crippen molar-refractivity contribution in [3.63, 3.8) is 0 Å². The third kappa shape index (κ3) is 5.93. The van der Waals surface area contributed by atoms with Gasteiger partial charge in [-0.3, -0.25) is 19.1 Å². The molecule has 5 heterocycles. The van der Waals surface area contributed by atoms with Crippen molar-refractivity contribution in [3.8, 4) is 28.6 Å². The molecule has 44 heavy (non-hydrogen) atoms. The molecule has 13 heteroatoms. The van der Waals surface area contributed by atoms with Crippen molar-refractivity contribution in [3.05, 3.63) is 77.2 Å². The van der Waals surface area contributed by atoms with Gasteiger partial charge in [-0.15, -0.1) is 0 Å². The van der Waals surface area contributed by atoms with Crippen molar-refractivity contribution in [2.45, 2.75) is 32.0 Å². The molecule has 0 radical (unpaired) electrons. The summed E-state index contributed by atoms with van der Waals surface area (Å²) in [7, 11) is 3.30. The lowest BCUT2D eigenvalue weighted by Crippen LogP contribution is -2.58. The number of likely N-dealkylation sites (tertiary alicyclic amines) is 1. The molecule has 3 aliphatic heterocycles. The van der Waals surface area contributed by atoms with Crippen LogP contribution >= 0.6 is 0 Å². The number of ether oxygens (including phenoxy) is 3. The first-order valence-corrected chi connectivity index (χ1v) is 14.2. The van der Waals surface area contributed by atoms with Crippen LogP contribution in [0.25, 0.3) is 11.3 Å². The summed E-state index contributed by atoms with van der Waals surface area (Å²) in [5.41, 5.74) is 2.97. The number of hydrogen-bond donors (Lipinski definition) is 2. The molecule has 2 N–H and O–H groups in total. The lowest BCUT2D eigenvalue weighted by Gasteiger charge is -2.38. The molecular formula is C31H32N6O7. The van der Waals surface area contributed by atoms with Gasteiger partial charge in [0.25, 0.3) is 17.7 Å². The minimum Gasteiger partial charge on any atom is -0.493 e. The summed E-state index contributed by atoms with van der Waals surface area (Å²) in [6.45, 7) is 2.52. The highest BCUT2D eigenvalue weighted by atomic mass is 16.5. The molecule has 7 rings (SSSR count). The number of carbonyl (C=O) groups is 3. The minimum absolute atomic E-state index is 0.161. The maximum absolute atomic E-state index is 13.6. The van der Waals surface area contributed by atoms with Gasteiger partial charge in [0.05, 0.1) is 24.9 Å². The number of nitrogens with zero attached hydrogens (tertiary/aromatic N) is 4. The van der Waals surface area contributed by atoms with E-state index in [1.807, 2.05) is 38.2 Å². The zero-order chi connectivity index (χ0) is 30.8. The van der Waals surface area contributed by atoms with Crippen LogP contribution < -0.4 is 24.8 Å². The van der Waals surface area contributed by atoms with E-state index in [0.29, 0.717) is 42.3 Å². The maximum atomic E-state index is 13.6. The van der Waals surface area contributed by atoms with Gasteiger partial charge in [0.1, 0.15) is 11.9 Å². The zero-order valence-corrected chi connectivity index (χ0v) is 24.5. The topological polar surface area (TPSA) is 150 Å². The summed E-state index contributed by atoms with van der Waals surface area (Å²) in [5.74, 6) is 0.649. The second kappa shape index (κ2) is 12.1. The molecule has 2 aromatic heterocycles. The molecule has 2 atom stereocenters. The number of carbonyl (C=O) groups excluding carboxylic acids is 3. The second-order valence-electron chi connectivity index (χ2n) is 10.7. The van der Waals surface area contributed by atoms with E-state index >= 15 is 0 Å². The van der Waals surface area contributed by atoms with E-state index in [2.05, 4.69) is 20.9 Å². The Balaban J connectivity index is 1.26. The summed E-state index contributed by atoms with van der Waals surface area (Å²) >= 11 is 0. The monoisotopic (exact) mass is 600 g/mol. The van der Waals surface area contributed by atoms with E-state index in [9.17, 15) is 14.4 Å². The molecule has 13 nitrogen and oxygen atoms in total. The van der Waals surface area contributed by atoms with Crippen LogP contribution in [-0.2, 0) is 18.4 Å². The number of rotatable bonds is 3. The summed E-state index contributed by atoms with van der Waals surface area (Å²) in [6, 6.07) is 13.1. The largest absolute Gasteiger partial charge is 0.493 e. The summed E-state index contributed by atoms with van der Waals surface area (Å²) in [5, 5.41) is 14.1. The molecule has 2 aromatic carbocycles. The van der Waals surface area contributed by atoms with Crippen molar-refractivity contribution < 1.29 is 33.1 Å². The van der Waals surface area contributed by atoms with Crippen LogP contribution in [0.4, 0.5) is 0 Å². The van der Waals surface area contributed by atoms with Crippen LogP contribution in [0.1, 0.15) is 38.5 Å². The van der Waals surface area contributed by atoms with Gasteiger partial charge in [0.2, 0.25) is 0 Å². The van der Waals surface area contributed by atoms with Crippen molar-refractivity contribution in [2.75, 3.05) is 26.8 Å². The van der Waals surface area contributed by atoms with Gasteiger partial charge >= 0.3 is 0 Å².